The summed E-state index contributed by atoms with van der Waals surface area (Å²) in [7, 11) is 1.90. The van der Waals surface area contributed by atoms with Crippen LogP contribution in [0.3, 0.4) is 0 Å². The number of likely N-dealkylation sites (N-methyl/N-ethyl adjacent to an activating group) is 1. The van der Waals surface area contributed by atoms with Crippen LogP contribution in [0.5, 0.6) is 0 Å². The molecule has 0 bridgehead atoms. The zero-order chi connectivity index (χ0) is 13.1. The fraction of sp³-hybridized carbons (Fsp3) is 0.846. The van der Waals surface area contributed by atoms with Gasteiger partial charge >= 0.3 is 0 Å². The Bertz CT molecular complexity index is 328. The lowest BCUT2D eigenvalue weighted by Crippen LogP contribution is -2.62. The van der Waals surface area contributed by atoms with Crippen molar-refractivity contribution in [3.63, 3.8) is 0 Å². The van der Waals surface area contributed by atoms with Crippen molar-refractivity contribution in [3.8, 4) is 0 Å². The van der Waals surface area contributed by atoms with E-state index in [9.17, 15) is 9.59 Å². The minimum absolute atomic E-state index is 0.116. The SMILES string of the molecule is CCC(CN1CC(=O)N2CCCCC2C1=O)NC. The van der Waals surface area contributed by atoms with Crippen LogP contribution in [-0.4, -0.2) is 60.4 Å². The quantitative estimate of drug-likeness (QED) is 0.779. The van der Waals surface area contributed by atoms with E-state index in [4.69, 9.17) is 0 Å². The van der Waals surface area contributed by atoms with Crippen LogP contribution in [-0.2, 0) is 9.59 Å². The van der Waals surface area contributed by atoms with Crippen LogP contribution < -0.4 is 5.32 Å². The summed E-state index contributed by atoms with van der Waals surface area (Å²) in [5.41, 5.74) is 0. The van der Waals surface area contributed by atoms with Gasteiger partial charge in [-0.1, -0.05) is 6.92 Å². The van der Waals surface area contributed by atoms with Gasteiger partial charge in [-0.15, -0.1) is 0 Å². The van der Waals surface area contributed by atoms with Gasteiger partial charge < -0.3 is 15.1 Å². The molecule has 0 aromatic carbocycles. The molecule has 5 heteroatoms. The van der Waals surface area contributed by atoms with Crippen LogP contribution in [0.2, 0.25) is 0 Å². The van der Waals surface area contributed by atoms with E-state index in [1.807, 2.05) is 7.05 Å². The van der Waals surface area contributed by atoms with E-state index in [1.54, 1.807) is 9.80 Å². The fourth-order valence-electron chi connectivity index (χ4n) is 2.87. The van der Waals surface area contributed by atoms with Crippen LogP contribution in [0, 0.1) is 0 Å². The molecule has 0 saturated carbocycles. The third kappa shape index (κ3) is 2.51. The maximum absolute atomic E-state index is 12.4. The Morgan fingerprint density at radius 3 is 2.83 bits per heavy atom. The molecule has 2 atom stereocenters. The van der Waals surface area contributed by atoms with Crippen molar-refractivity contribution in [1.82, 2.24) is 15.1 Å². The standard InChI is InChI=1S/C13H23N3O2/c1-3-10(14-2)8-15-9-12(17)16-7-5-4-6-11(16)13(15)18/h10-11,14H,3-9H2,1-2H3. The van der Waals surface area contributed by atoms with Gasteiger partial charge in [0.15, 0.2) is 0 Å². The van der Waals surface area contributed by atoms with Crippen LogP contribution in [0.15, 0.2) is 0 Å². The summed E-state index contributed by atoms with van der Waals surface area (Å²) >= 11 is 0. The number of nitrogens with one attached hydrogen (secondary N) is 1. The molecule has 2 amide bonds. The van der Waals surface area contributed by atoms with Gasteiger partial charge in [0.2, 0.25) is 11.8 Å². The molecule has 2 rings (SSSR count). The number of carbonyl (C=O) groups excluding carboxylic acids is 2. The molecule has 1 N–H and O–H groups in total. The maximum Gasteiger partial charge on any atom is 0.245 e. The highest BCUT2D eigenvalue weighted by atomic mass is 16.2. The third-order valence-electron chi connectivity index (χ3n) is 4.09. The minimum Gasteiger partial charge on any atom is -0.330 e. The van der Waals surface area contributed by atoms with E-state index < -0.39 is 0 Å². The van der Waals surface area contributed by atoms with E-state index in [0.717, 1.165) is 32.2 Å². The lowest BCUT2D eigenvalue weighted by molar-refractivity contribution is -0.158. The van der Waals surface area contributed by atoms with Crippen molar-refractivity contribution >= 4 is 11.8 Å². The van der Waals surface area contributed by atoms with Crippen LogP contribution in [0.1, 0.15) is 32.6 Å². The number of hydrogen-bond acceptors (Lipinski definition) is 3. The zero-order valence-electron chi connectivity index (χ0n) is 11.3. The number of nitrogens with zero attached hydrogens (tertiary/aromatic N) is 2. The highest BCUT2D eigenvalue weighted by Gasteiger charge is 2.40. The lowest BCUT2D eigenvalue weighted by atomic mass is 9.98. The molecule has 2 heterocycles. The summed E-state index contributed by atoms with van der Waals surface area (Å²) in [4.78, 5) is 27.9. The first-order chi connectivity index (χ1) is 8.67. The van der Waals surface area contributed by atoms with Gasteiger partial charge in [0, 0.05) is 19.1 Å². The highest BCUT2D eigenvalue weighted by Crippen LogP contribution is 2.23. The molecule has 0 aliphatic carbocycles. The van der Waals surface area contributed by atoms with Crippen LogP contribution in [0.25, 0.3) is 0 Å². The molecular weight excluding hydrogens is 230 g/mol. The van der Waals surface area contributed by atoms with E-state index >= 15 is 0 Å². The second-order valence-corrected chi connectivity index (χ2v) is 5.21. The van der Waals surface area contributed by atoms with Crippen molar-refractivity contribution < 1.29 is 9.59 Å². The van der Waals surface area contributed by atoms with Gasteiger partial charge in [-0.05, 0) is 32.7 Å². The van der Waals surface area contributed by atoms with E-state index in [1.165, 1.54) is 0 Å². The van der Waals surface area contributed by atoms with E-state index in [0.29, 0.717) is 6.54 Å². The Morgan fingerprint density at radius 2 is 2.17 bits per heavy atom. The zero-order valence-corrected chi connectivity index (χ0v) is 11.3. The van der Waals surface area contributed by atoms with E-state index in [-0.39, 0.29) is 30.4 Å². The molecule has 2 aliphatic heterocycles. The molecule has 18 heavy (non-hydrogen) atoms. The first-order valence-electron chi connectivity index (χ1n) is 6.93. The molecule has 0 aromatic rings. The number of amides is 2. The molecule has 0 spiro atoms. The summed E-state index contributed by atoms with van der Waals surface area (Å²) in [6.07, 6.45) is 3.88. The maximum atomic E-state index is 12.4. The van der Waals surface area contributed by atoms with Crippen molar-refractivity contribution in [2.24, 2.45) is 0 Å². The molecule has 2 aliphatic rings. The third-order valence-corrected chi connectivity index (χ3v) is 4.09. The smallest absolute Gasteiger partial charge is 0.245 e. The second-order valence-electron chi connectivity index (χ2n) is 5.21. The topological polar surface area (TPSA) is 52.7 Å². The van der Waals surface area contributed by atoms with Crippen molar-refractivity contribution in [1.29, 1.82) is 0 Å². The summed E-state index contributed by atoms with van der Waals surface area (Å²) in [5, 5.41) is 3.19. The lowest BCUT2D eigenvalue weighted by Gasteiger charge is -2.43. The Hall–Kier alpha value is -1.10. The Balaban J connectivity index is 2.05. The van der Waals surface area contributed by atoms with Gasteiger partial charge in [0.1, 0.15) is 6.04 Å². The first kappa shape index (κ1) is 13.3. The summed E-state index contributed by atoms with van der Waals surface area (Å²) in [5.74, 6) is 0.258. The number of piperazine rings is 1. The average Bonchev–Trinajstić information content (AvgIpc) is 2.41. The van der Waals surface area contributed by atoms with Gasteiger partial charge in [0.05, 0.1) is 6.54 Å². The van der Waals surface area contributed by atoms with Gasteiger partial charge in [-0.2, -0.15) is 0 Å². The van der Waals surface area contributed by atoms with Crippen LogP contribution in [0.4, 0.5) is 0 Å². The number of rotatable bonds is 4. The fourth-order valence-corrected chi connectivity index (χ4v) is 2.87. The van der Waals surface area contributed by atoms with Crippen LogP contribution >= 0.6 is 0 Å². The van der Waals surface area contributed by atoms with Gasteiger partial charge in [-0.25, -0.2) is 0 Å². The number of piperidine rings is 1. The molecule has 0 radical (unpaired) electrons. The molecule has 2 saturated heterocycles. The largest absolute Gasteiger partial charge is 0.330 e. The predicted octanol–water partition coefficient (Wildman–Crippen LogP) is 0.208. The molecule has 2 fully saturated rings. The molecule has 5 nitrogen and oxygen atoms in total. The Labute approximate surface area is 108 Å². The number of fused-ring (bicyclic) bond motifs is 1. The van der Waals surface area contributed by atoms with Crippen molar-refractivity contribution in [3.05, 3.63) is 0 Å². The van der Waals surface area contributed by atoms with Gasteiger partial charge in [-0.3, -0.25) is 9.59 Å². The molecule has 0 aromatic heterocycles. The van der Waals surface area contributed by atoms with E-state index in [2.05, 4.69) is 12.2 Å². The van der Waals surface area contributed by atoms with Crippen molar-refractivity contribution in [2.45, 2.75) is 44.7 Å². The average molecular weight is 253 g/mol. The summed E-state index contributed by atoms with van der Waals surface area (Å²) in [6.45, 7) is 3.74. The molecule has 2 unspecified atom stereocenters. The second kappa shape index (κ2) is 5.69. The Kier molecular flexibility index (Phi) is 4.22. The number of carbonyl (C=O) groups is 2. The monoisotopic (exact) mass is 253 g/mol. The minimum atomic E-state index is -0.186. The predicted molar refractivity (Wildman–Crippen MR) is 69.1 cm³/mol. The summed E-state index contributed by atoms with van der Waals surface area (Å²) < 4.78 is 0. The number of hydrogen-bond donors (Lipinski definition) is 1. The van der Waals surface area contributed by atoms with Gasteiger partial charge in [0.25, 0.3) is 0 Å². The molecular formula is C13H23N3O2. The summed E-state index contributed by atoms with van der Waals surface area (Å²) in [6, 6.07) is 0.0891. The highest BCUT2D eigenvalue weighted by molar-refractivity contribution is 5.95. The normalized spacial score (nSPS) is 26.2. The van der Waals surface area contributed by atoms with Crippen molar-refractivity contribution in [2.75, 3.05) is 26.7 Å². The Morgan fingerprint density at radius 1 is 1.39 bits per heavy atom. The first-order valence-corrected chi connectivity index (χ1v) is 6.93. The molecule has 102 valence electrons.